The maximum atomic E-state index is 13.1. The summed E-state index contributed by atoms with van der Waals surface area (Å²) in [4.78, 5) is 26.0. The molecule has 0 radical (unpaired) electrons. The molecule has 1 aromatic rings. The fraction of sp³-hybridized carbons (Fsp3) is 0.444. The Morgan fingerprint density at radius 3 is 3.04 bits per heavy atom. The number of urea groups is 1. The van der Waals surface area contributed by atoms with Gasteiger partial charge in [-0.25, -0.2) is 9.18 Å². The number of rotatable bonds is 7. The third-order valence-corrected chi connectivity index (χ3v) is 4.89. The second-order valence-electron chi connectivity index (χ2n) is 6.00. The van der Waals surface area contributed by atoms with E-state index in [2.05, 4.69) is 17.2 Å². The van der Waals surface area contributed by atoms with Crippen molar-refractivity contribution in [3.05, 3.63) is 42.7 Å². The molecule has 1 unspecified atom stereocenters. The second kappa shape index (κ2) is 10.1. The molecular weight excluding hydrogens is 341 g/mol. The van der Waals surface area contributed by atoms with E-state index in [-0.39, 0.29) is 17.9 Å². The summed E-state index contributed by atoms with van der Waals surface area (Å²) in [6, 6.07) is 5.39. The summed E-state index contributed by atoms with van der Waals surface area (Å²) >= 11 is 1.56. The van der Waals surface area contributed by atoms with Crippen molar-refractivity contribution in [2.45, 2.75) is 12.8 Å². The largest absolute Gasteiger partial charge is 0.342 e. The standard InChI is InChI=1S/C18H24FN3O2S/c1-2-9-25-13-17(23)22-8-4-5-14(12-22)11-20-18(24)21-16-7-3-6-15(19)10-16/h2-3,6-7,10,14H,1,4-5,8-9,11-13H2,(H2,20,21,24). The highest BCUT2D eigenvalue weighted by atomic mass is 32.2. The van der Waals surface area contributed by atoms with E-state index < -0.39 is 5.82 Å². The highest BCUT2D eigenvalue weighted by molar-refractivity contribution is 8.00. The van der Waals surface area contributed by atoms with Crippen molar-refractivity contribution in [2.75, 3.05) is 36.5 Å². The SMILES string of the molecule is C=CCSCC(=O)N1CCCC(CNC(=O)Nc2cccc(F)c2)C1. The number of halogens is 1. The van der Waals surface area contributed by atoms with Crippen LogP contribution in [0.15, 0.2) is 36.9 Å². The first-order valence-electron chi connectivity index (χ1n) is 8.35. The number of hydrogen-bond donors (Lipinski definition) is 2. The van der Waals surface area contributed by atoms with Crippen LogP contribution in [0.4, 0.5) is 14.9 Å². The summed E-state index contributed by atoms with van der Waals surface area (Å²) < 4.78 is 13.1. The number of benzene rings is 1. The molecular formula is C18H24FN3O2S. The lowest BCUT2D eigenvalue weighted by atomic mass is 9.98. The monoisotopic (exact) mass is 365 g/mol. The lowest BCUT2D eigenvalue weighted by Gasteiger charge is -2.32. The molecule has 0 aliphatic carbocycles. The van der Waals surface area contributed by atoms with Crippen LogP contribution in [0.2, 0.25) is 0 Å². The first-order valence-corrected chi connectivity index (χ1v) is 9.51. The number of nitrogens with one attached hydrogen (secondary N) is 2. The minimum Gasteiger partial charge on any atom is -0.342 e. The molecule has 3 amide bonds. The van der Waals surface area contributed by atoms with Crippen molar-refractivity contribution in [1.29, 1.82) is 0 Å². The Kier molecular flexibility index (Phi) is 7.78. The molecule has 1 aromatic carbocycles. The fourth-order valence-electron chi connectivity index (χ4n) is 2.76. The number of nitrogens with zero attached hydrogens (tertiary/aromatic N) is 1. The van der Waals surface area contributed by atoms with Gasteiger partial charge in [0, 0.05) is 31.1 Å². The normalized spacial score (nSPS) is 17.0. The molecule has 1 fully saturated rings. The predicted molar refractivity (Wildman–Crippen MR) is 100 cm³/mol. The van der Waals surface area contributed by atoms with E-state index in [1.165, 1.54) is 12.1 Å². The molecule has 25 heavy (non-hydrogen) atoms. The Labute approximate surface area is 152 Å². The smallest absolute Gasteiger partial charge is 0.319 e. The molecule has 7 heteroatoms. The van der Waals surface area contributed by atoms with Gasteiger partial charge in [-0.3, -0.25) is 4.79 Å². The van der Waals surface area contributed by atoms with Crippen LogP contribution < -0.4 is 10.6 Å². The Bertz CT molecular complexity index is 612. The van der Waals surface area contributed by atoms with Crippen LogP contribution in [-0.2, 0) is 4.79 Å². The Morgan fingerprint density at radius 1 is 1.44 bits per heavy atom. The number of carbonyl (C=O) groups excluding carboxylic acids is 2. The van der Waals surface area contributed by atoms with Crippen LogP contribution >= 0.6 is 11.8 Å². The lowest BCUT2D eigenvalue weighted by Crippen LogP contribution is -2.45. The third kappa shape index (κ3) is 6.78. The summed E-state index contributed by atoms with van der Waals surface area (Å²) in [7, 11) is 0. The first-order chi connectivity index (χ1) is 12.1. The number of piperidine rings is 1. The van der Waals surface area contributed by atoms with E-state index in [0.29, 0.717) is 24.5 Å². The average molecular weight is 365 g/mol. The summed E-state index contributed by atoms with van der Waals surface area (Å²) in [5.41, 5.74) is 0.414. The Morgan fingerprint density at radius 2 is 2.28 bits per heavy atom. The van der Waals surface area contributed by atoms with Gasteiger partial charge in [-0.1, -0.05) is 12.1 Å². The quantitative estimate of drug-likeness (QED) is 0.577. The van der Waals surface area contributed by atoms with Gasteiger partial charge >= 0.3 is 6.03 Å². The van der Waals surface area contributed by atoms with Gasteiger partial charge in [-0.15, -0.1) is 18.3 Å². The van der Waals surface area contributed by atoms with Crippen molar-refractivity contribution < 1.29 is 14.0 Å². The van der Waals surface area contributed by atoms with Crippen LogP contribution in [0.5, 0.6) is 0 Å². The van der Waals surface area contributed by atoms with Gasteiger partial charge in [0.2, 0.25) is 5.91 Å². The first kappa shape index (κ1) is 19.3. The maximum Gasteiger partial charge on any atom is 0.319 e. The van der Waals surface area contributed by atoms with Crippen LogP contribution in [-0.4, -0.2) is 48.0 Å². The number of amides is 3. The topological polar surface area (TPSA) is 61.4 Å². The van der Waals surface area contributed by atoms with Crippen LogP contribution in [0.3, 0.4) is 0 Å². The van der Waals surface area contributed by atoms with Crippen LogP contribution in [0.1, 0.15) is 12.8 Å². The zero-order valence-corrected chi connectivity index (χ0v) is 15.0. The average Bonchev–Trinajstić information content (AvgIpc) is 2.60. The summed E-state index contributed by atoms with van der Waals surface area (Å²) in [6.45, 7) is 5.57. The van der Waals surface area contributed by atoms with E-state index in [4.69, 9.17) is 0 Å². The van der Waals surface area contributed by atoms with Gasteiger partial charge in [-0.2, -0.15) is 0 Å². The van der Waals surface area contributed by atoms with Gasteiger partial charge in [0.05, 0.1) is 5.75 Å². The fourth-order valence-corrected chi connectivity index (χ4v) is 3.40. The van der Waals surface area contributed by atoms with E-state index >= 15 is 0 Å². The molecule has 2 rings (SSSR count). The molecule has 1 aliphatic heterocycles. The van der Waals surface area contributed by atoms with Gasteiger partial charge in [0.1, 0.15) is 5.82 Å². The number of thioether (sulfide) groups is 1. The van der Waals surface area contributed by atoms with Crippen molar-refractivity contribution in [3.63, 3.8) is 0 Å². The van der Waals surface area contributed by atoms with Crippen molar-refractivity contribution in [3.8, 4) is 0 Å². The third-order valence-electron chi connectivity index (χ3n) is 3.97. The number of likely N-dealkylation sites (tertiary alicyclic amines) is 1. The van der Waals surface area contributed by atoms with Gasteiger partial charge in [-0.05, 0) is 37.0 Å². The summed E-state index contributed by atoms with van der Waals surface area (Å²) in [6.07, 6.45) is 3.71. The molecule has 1 saturated heterocycles. The minimum atomic E-state index is -0.395. The Hall–Kier alpha value is -2.02. The number of carbonyl (C=O) groups is 2. The maximum absolute atomic E-state index is 13.1. The molecule has 0 saturated carbocycles. The van der Waals surface area contributed by atoms with E-state index in [1.807, 2.05) is 4.90 Å². The molecule has 1 heterocycles. The zero-order chi connectivity index (χ0) is 18.1. The lowest BCUT2D eigenvalue weighted by molar-refractivity contribution is -0.130. The molecule has 0 spiro atoms. The molecule has 2 N–H and O–H groups in total. The number of anilines is 1. The highest BCUT2D eigenvalue weighted by Crippen LogP contribution is 2.17. The molecule has 0 bridgehead atoms. The Balaban J connectivity index is 1.73. The zero-order valence-electron chi connectivity index (χ0n) is 14.2. The van der Waals surface area contributed by atoms with Crippen molar-refractivity contribution in [2.24, 2.45) is 5.92 Å². The van der Waals surface area contributed by atoms with E-state index in [1.54, 1.807) is 30.0 Å². The summed E-state index contributed by atoms with van der Waals surface area (Å²) in [5, 5.41) is 5.41. The number of hydrogen-bond acceptors (Lipinski definition) is 3. The van der Waals surface area contributed by atoms with Crippen molar-refractivity contribution >= 4 is 29.4 Å². The van der Waals surface area contributed by atoms with Gasteiger partial charge in [0.25, 0.3) is 0 Å². The molecule has 1 atom stereocenters. The van der Waals surface area contributed by atoms with Crippen LogP contribution in [0.25, 0.3) is 0 Å². The van der Waals surface area contributed by atoms with Gasteiger partial charge in [0.15, 0.2) is 0 Å². The van der Waals surface area contributed by atoms with Gasteiger partial charge < -0.3 is 15.5 Å². The summed E-state index contributed by atoms with van der Waals surface area (Å²) in [5.74, 6) is 1.21. The van der Waals surface area contributed by atoms with E-state index in [9.17, 15) is 14.0 Å². The molecule has 136 valence electrons. The second-order valence-corrected chi connectivity index (χ2v) is 7.03. The molecule has 5 nitrogen and oxygen atoms in total. The van der Waals surface area contributed by atoms with Crippen molar-refractivity contribution in [1.82, 2.24) is 10.2 Å². The van der Waals surface area contributed by atoms with Crippen LogP contribution in [0, 0.1) is 11.7 Å². The van der Waals surface area contributed by atoms with E-state index in [0.717, 1.165) is 25.1 Å². The highest BCUT2D eigenvalue weighted by Gasteiger charge is 2.23. The molecule has 1 aliphatic rings. The molecule has 0 aromatic heterocycles. The predicted octanol–water partition coefficient (Wildman–Crippen LogP) is 3.11. The minimum absolute atomic E-state index is 0.140.